The molecule has 20 heavy (non-hydrogen) atoms. The molecule has 2 aromatic rings. The largest absolute Gasteiger partial charge is 0.381 e. The molecule has 0 radical (unpaired) electrons. The van der Waals surface area contributed by atoms with Crippen LogP contribution in [0.1, 0.15) is 19.0 Å². The van der Waals surface area contributed by atoms with Crippen LogP contribution in [-0.2, 0) is 0 Å². The van der Waals surface area contributed by atoms with Crippen LogP contribution < -0.4 is 11.1 Å². The number of nitrogens with zero attached hydrogens (tertiary/aromatic N) is 3. The number of pyridine rings is 1. The van der Waals surface area contributed by atoms with Crippen molar-refractivity contribution < 1.29 is 4.39 Å². The van der Waals surface area contributed by atoms with Gasteiger partial charge in [-0.1, -0.05) is 6.92 Å². The van der Waals surface area contributed by atoms with Crippen molar-refractivity contribution in [2.45, 2.75) is 13.3 Å². The number of nitrogen functional groups attached to an aromatic ring is 1. The highest BCUT2D eigenvalue weighted by atomic mass is 79.9. The molecule has 0 aliphatic carbocycles. The highest BCUT2D eigenvalue weighted by Gasteiger charge is 2.07. The van der Waals surface area contributed by atoms with Gasteiger partial charge in [0.15, 0.2) is 11.6 Å². The third-order valence-corrected chi connectivity index (χ3v) is 2.88. The number of anilines is 3. The van der Waals surface area contributed by atoms with Gasteiger partial charge in [-0.15, -0.1) is 0 Å². The van der Waals surface area contributed by atoms with Crippen LogP contribution >= 0.6 is 15.9 Å². The molecule has 0 saturated heterocycles. The third kappa shape index (κ3) is 3.51. The number of hydrogen-bond acceptors (Lipinski definition) is 5. The summed E-state index contributed by atoms with van der Waals surface area (Å²) in [5.74, 6) is 0.391. The van der Waals surface area contributed by atoms with Crippen LogP contribution in [0.4, 0.5) is 21.7 Å². The molecule has 0 aromatic carbocycles. The van der Waals surface area contributed by atoms with E-state index in [-0.39, 0.29) is 11.6 Å². The van der Waals surface area contributed by atoms with Crippen LogP contribution in [0, 0.1) is 0 Å². The Morgan fingerprint density at radius 3 is 3.05 bits per heavy atom. The van der Waals surface area contributed by atoms with Crippen molar-refractivity contribution in [2.24, 2.45) is 0 Å². The van der Waals surface area contributed by atoms with Gasteiger partial charge in [-0.05, 0) is 40.6 Å². The Labute approximate surface area is 124 Å². The lowest BCUT2D eigenvalue weighted by atomic mass is 10.2. The van der Waals surface area contributed by atoms with Crippen molar-refractivity contribution in [1.82, 2.24) is 15.0 Å². The summed E-state index contributed by atoms with van der Waals surface area (Å²) in [6.07, 6.45) is 4.79. The number of aromatic nitrogens is 3. The number of halogens is 2. The van der Waals surface area contributed by atoms with E-state index in [1.54, 1.807) is 25.3 Å². The lowest BCUT2D eigenvalue weighted by molar-refractivity contribution is 0.612. The Morgan fingerprint density at radius 1 is 1.50 bits per heavy atom. The molecule has 2 aromatic heterocycles. The molecular weight excluding hydrogens is 325 g/mol. The second-order valence-corrected chi connectivity index (χ2v) is 4.75. The average molecular weight is 338 g/mol. The predicted molar refractivity (Wildman–Crippen MR) is 81.0 cm³/mol. The molecule has 0 aliphatic heterocycles. The number of allylic oxidation sites excluding steroid dienone is 1. The quantitative estimate of drug-likeness (QED) is 0.889. The first kappa shape index (κ1) is 14.4. The first-order valence-corrected chi connectivity index (χ1v) is 6.75. The zero-order valence-electron chi connectivity index (χ0n) is 10.8. The molecule has 7 heteroatoms. The van der Waals surface area contributed by atoms with Gasteiger partial charge in [0.05, 0.1) is 17.6 Å². The molecule has 0 spiro atoms. The van der Waals surface area contributed by atoms with Gasteiger partial charge >= 0.3 is 0 Å². The van der Waals surface area contributed by atoms with Crippen LogP contribution in [0.2, 0.25) is 0 Å². The molecule has 0 amide bonds. The van der Waals surface area contributed by atoms with Crippen molar-refractivity contribution in [2.75, 3.05) is 11.1 Å². The van der Waals surface area contributed by atoms with Crippen molar-refractivity contribution in [1.29, 1.82) is 0 Å². The SMILES string of the molecule is CC/C(F)=C\c1ncccc1Nc1nc(Br)cnc1N. The third-order valence-electron chi connectivity index (χ3n) is 2.49. The fourth-order valence-corrected chi connectivity index (χ4v) is 1.76. The molecule has 104 valence electrons. The van der Waals surface area contributed by atoms with E-state index >= 15 is 0 Å². The molecule has 2 rings (SSSR count). The van der Waals surface area contributed by atoms with Crippen molar-refractivity contribution >= 4 is 39.3 Å². The molecule has 3 N–H and O–H groups in total. The Kier molecular flexibility index (Phi) is 4.62. The van der Waals surface area contributed by atoms with Crippen LogP contribution in [0.25, 0.3) is 6.08 Å². The summed E-state index contributed by atoms with van der Waals surface area (Å²) in [5.41, 5.74) is 6.83. The van der Waals surface area contributed by atoms with Gasteiger partial charge in [0.2, 0.25) is 0 Å². The summed E-state index contributed by atoms with van der Waals surface area (Å²) in [5, 5.41) is 3.01. The summed E-state index contributed by atoms with van der Waals surface area (Å²) < 4.78 is 14.0. The highest BCUT2D eigenvalue weighted by Crippen LogP contribution is 2.24. The number of hydrogen-bond donors (Lipinski definition) is 2. The molecule has 5 nitrogen and oxygen atoms in total. The Hall–Kier alpha value is -2.02. The fourth-order valence-electron chi connectivity index (χ4n) is 1.49. The molecule has 2 heterocycles. The van der Waals surface area contributed by atoms with Crippen LogP contribution in [0.3, 0.4) is 0 Å². The molecule has 0 unspecified atom stereocenters. The zero-order chi connectivity index (χ0) is 14.5. The van der Waals surface area contributed by atoms with Gasteiger partial charge in [-0.3, -0.25) is 4.98 Å². The topological polar surface area (TPSA) is 76.7 Å². The molecule has 0 saturated carbocycles. The Bertz CT molecular complexity index is 644. The van der Waals surface area contributed by atoms with Crippen molar-refractivity contribution in [3.05, 3.63) is 40.7 Å². The summed E-state index contributed by atoms with van der Waals surface area (Å²) in [6, 6.07) is 3.51. The normalized spacial score (nSPS) is 11.4. The highest BCUT2D eigenvalue weighted by molar-refractivity contribution is 9.10. The zero-order valence-corrected chi connectivity index (χ0v) is 12.4. The number of rotatable bonds is 4. The van der Waals surface area contributed by atoms with Crippen LogP contribution in [-0.4, -0.2) is 15.0 Å². The molecule has 0 fully saturated rings. The van der Waals surface area contributed by atoms with E-state index in [4.69, 9.17) is 5.73 Å². The van der Waals surface area contributed by atoms with E-state index in [1.807, 2.05) is 0 Å². The minimum absolute atomic E-state index is 0.250. The summed E-state index contributed by atoms with van der Waals surface area (Å²) in [4.78, 5) is 12.3. The number of nitrogens with two attached hydrogens (primary N) is 1. The van der Waals surface area contributed by atoms with E-state index in [2.05, 4.69) is 36.2 Å². The van der Waals surface area contributed by atoms with Gasteiger partial charge in [0.1, 0.15) is 10.4 Å². The number of nitrogens with one attached hydrogen (secondary N) is 1. The van der Waals surface area contributed by atoms with E-state index in [9.17, 15) is 4.39 Å². The maximum Gasteiger partial charge on any atom is 0.174 e. The average Bonchev–Trinajstić information content (AvgIpc) is 2.44. The van der Waals surface area contributed by atoms with Gasteiger partial charge in [-0.25, -0.2) is 14.4 Å². The predicted octanol–water partition coefficient (Wildman–Crippen LogP) is 3.68. The van der Waals surface area contributed by atoms with Gasteiger partial charge < -0.3 is 11.1 Å². The van der Waals surface area contributed by atoms with Crippen molar-refractivity contribution in [3.8, 4) is 0 Å². The van der Waals surface area contributed by atoms with E-state index in [1.165, 1.54) is 12.3 Å². The van der Waals surface area contributed by atoms with Gasteiger partial charge in [0.25, 0.3) is 0 Å². The summed E-state index contributed by atoms with van der Waals surface area (Å²) >= 11 is 3.22. The molecular formula is C13H13BrFN5. The minimum Gasteiger partial charge on any atom is -0.381 e. The smallest absolute Gasteiger partial charge is 0.174 e. The van der Waals surface area contributed by atoms with Gasteiger partial charge in [0, 0.05) is 6.20 Å². The fraction of sp³-hybridized carbons (Fsp3) is 0.154. The Morgan fingerprint density at radius 2 is 2.30 bits per heavy atom. The van der Waals surface area contributed by atoms with Crippen LogP contribution in [0.15, 0.2) is 35.0 Å². The van der Waals surface area contributed by atoms with Crippen LogP contribution in [0.5, 0.6) is 0 Å². The standard InChI is InChI=1S/C13H13BrFN5/c1-2-8(15)6-10-9(4-3-5-17-10)19-13-12(16)18-7-11(14)20-13/h3-7H,2H2,1H3,(H2,16,18)(H,19,20)/b8-6+. The van der Waals surface area contributed by atoms with E-state index in [0.29, 0.717) is 28.2 Å². The molecule has 0 aliphatic rings. The first-order chi connectivity index (χ1) is 9.60. The monoisotopic (exact) mass is 337 g/mol. The molecule has 0 bridgehead atoms. The van der Waals surface area contributed by atoms with E-state index < -0.39 is 0 Å². The Balaban J connectivity index is 2.36. The lowest BCUT2D eigenvalue weighted by Crippen LogP contribution is -2.03. The lowest BCUT2D eigenvalue weighted by Gasteiger charge is -2.10. The first-order valence-electron chi connectivity index (χ1n) is 5.96. The van der Waals surface area contributed by atoms with Gasteiger partial charge in [-0.2, -0.15) is 0 Å². The minimum atomic E-state index is -0.250. The second-order valence-electron chi connectivity index (χ2n) is 3.93. The molecule has 0 atom stereocenters. The summed E-state index contributed by atoms with van der Waals surface area (Å²) in [7, 11) is 0. The maximum absolute atomic E-state index is 13.4. The van der Waals surface area contributed by atoms with Crippen molar-refractivity contribution in [3.63, 3.8) is 0 Å². The maximum atomic E-state index is 13.4. The summed E-state index contributed by atoms with van der Waals surface area (Å²) in [6.45, 7) is 1.74. The second kappa shape index (κ2) is 6.42. The van der Waals surface area contributed by atoms with E-state index in [0.717, 1.165) is 0 Å².